The van der Waals surface area contributed by atoms with Gasteiger partial charge in [0.1, 0.15) is 11.5 Å². The van der Waals surface area contributed by atoms with E-state index in [0.29, 0.717) is 52.2 Å². The van der Waals surface area contributed by atoms with Gasteiger partial charge in [0.25, 0.3) is 17.7 Å². The fourth-order valence-corrected chi connectivity index (χ4v) is 9.27. The van der Waals surface area contributed by atoms with Crippen molar-refractivity contribution in [3.63, 3.8) is 0 Å². The van der Waals surface area contributed by atoms with Gasteiger partial charge in [-0.05, 0) is 80.2 Å². The minimum absolute atomic E-state index is 0. The van der Waals surface area contributed by atoms with E-state index >= 15 is 0 Å². The summed E-state index contributed by atoms with van der Waals surface area (Å²) in [5.41, 5.74) is 0.458. The van der Waals surface area contributed by atoms with Gasteiger partial charge in [0, 0.05) is 78.3 Å². The van der Waals surface area contributed by atoms with E-state index in [1.807, 2.05) is 0 Å². The van der Waals surface area contributed by atoms with Crippen molar-refractivity contribution in [1.82, 2.24) is 10.2 Å². The first-order valence-corrected chi connectivity index (χ1v) is 22.1. The number of carbonyl (C=O) groups is 4. The molecule has 7 rings (SSSR count). The normalized spacial score (nSPS) is 17.0. The molecule has 0 aliphatic carbocycles. The summed E-state index contributed by atoms with van der Waals surface area (Å²) < 4.78 is 79.2. The largest absolute Gasteiger partial charge is 1.00 e. The maximum atomic E-state index is 13.3. The number of amides is 3. The Morgan fingerprint density at radius 1 is 0.820 bits per heavy atom. The number of nitrogens with one attached hydrogen (secondary N) is 3. The second-order valence-electron chi connectivity index (χ2n) is 16.2. The van der Waals surface area contributed by atoms with E-state index in [9.17, 15) is 50.2 Å². The van der Waals surface area contributed by atoms with Gasteiger partial charge in [-0.2, -0.15) is 0 Å². The number of benzene rings is 3. The third-order valence-corrected chi connectivity index (χ3v) is 11.7. The fourth-order valence-electron chi connectivity index (χ4n) is 8.03. The first-order chi connectivity index (χ1) is 28.0. The van der Waals surface area contributed by atoms with Crippen molar-refractivity contribution in [3.05, 3.63) is 111 Å². The van der Waals surface area contributed by atoms with Crippen LogP contribution in [-0.4, -0.2) is 95.3 Å². The zero-order valence-corrected chi connectivity index (χ0v) is 37.6. The Labute approximate surface area is 374 Å². The van der Waals surface area contributed by atoms with Crippen LogP contribution in [0.2, 0.25) is 0 Å². The third kappa shape index (κ3) is 10.1. The molecule has 61 heavy (non-hydrogen) atoms. The number of rotatable bonds is 13. The van der Waals surface area contributed by atoms with Crippen molar-refractivity contribution in [1.29, 1.82) is 0 Å². The molecule has 0 saturated carbocycles. The number of fused-ring (bicyclic) bond motifs is 4. The number of hydrogen-bond acceptors (Lipinski definition) is 12. The SMILES string of the molecule is CC1(C)C=C(CS(=O)(=O)[O-])c2cc3c(cc2N1)Oc1cc2c(cc1=C3c1ccc(C(=O)NCCCCCN3C(=O)C=CC3=O)cc1C(=O)O)C(CS(=O)(=O)[O-])=CC(C)(C)[NH+]=2.[Na+]. The number of hydrogen-bond donors (Lipinski definition) is 4. The molecule has 314 valence electrons. The standard InChI is InChI=1S/C42H42N4O12S2.Na/c1-41(2)19-24(21-59(52,53)54)27-15-30-34(17-32(27)44-41)58-35-18-33-28(25(22-60(55,56)57)20-42(3,4)45-33)16-31(35)38(30)26-9-8-23(14-29(26)40(50)51)39(49)43-12-6-5-7-13-46-36(47)10-11-37(46)48;/h8-11,14-20,44H,5-7,12-13,21-22H2,1-4H3,(H,43,49)(H,50,51)(H,52,53,54)(H,55,56,57);/q;+1/p-1. The molecule has 4 aliphatic heterocycles. The molecular weight excluding hydrogens is 840 g/mol. The van der Waals surface area contributed by atoms with E-state index in [4.69, 9.17) is 4.74 Å². The molecule has 16 nitrogen and oxygen atoms in total. The Morgan fingerprint density at radius 3 is 2.11 bits per heavy atom. The maximum Gasteiger partial charge on any atom is 1.00 e. The van der Waals surface area contributed by atoms with E-state index in [0.717, 1.165) is 4.90 Å². The van der Waals surface area contributed by atoms with Crippen molar-refractivity contribution < 1.29 is 89.5 Å². The number of imide groups is 1. The Balaban J connectivity index is 0.00000622. The first kappa shape index (κ1) is 45.6. The molecule has 0 fully saturated rings. The molecular formula is C42H41N4NaO12S2. The van der Waals surface area contributed by atoms with E-state index < -0.39 is 54.7 Å². The summed E-state index contributed by atoms with van der Waals surface area (Å²) >= 11 is 0. The second-order valence-corrected chi connectivity index (χ2v) is 19.1. The minimum Gasteiger partial charge on any atom is -0.748 e. The van der Waals surface area contributed by atoms with E-state index in [1.54, 1.807) is 64.1 Å². The van der Waals surface area contributed by atoms with Crippen LogP contribution >= 0.6 is 0 Å². The molecule has 19 heteroatoms. The van der Waals surface area contributed by atoms with Gasteiger partial charge in [-0.3, -0.25) is 19.3 Å². The molecule has 0 aromatic heterocycles. The quantitative estimate of drug-likeness (QED) is 0.0498. The second kappa shape index (κ2) is 16.7. The number of carboxylic acids is 1. The van der Waals surface area contributed by atoms with Gasteiger partial charge < -0.3 is 29.6 Å². The predicted molar refractivity (Wildman–Crippen MR) is 216 cm³/mol. The van der Waals surface area contributed by atoms with Gasteiger partial charge in [0.2, 0.25) is 5.36 Å². The number of aromatic carboxylic acids is 1. The van der Waals surface area contributed by atoms with Gasteiger partial charge in [-0.15, -0.1) is 0 Å². The van der Waals surface area contributed by atoms with Gasteiger partial charge in [0.15, 0.2) is 5.54 Å². The minimum atomic E-state index is -4.76. The van der Waals surface area contributed by atoms with Crippen LogP contribution < -0.4 is 60.5 Å². The molecule has 0 bridgehead atoms. The molecule has 3 amide bonds. The van der Waals surface area contributed by atoms with Crippen molar-refractivity contribution in [2.75, 3.05) is 29.9 Å². The molecule has 0 radical (unpaired) electrons. The topological polar surface area (TPSA) is 253 Å². The van der Waals surface area contributed by atoms with Crippen LogP contribution in [0.25, 0.3) is 16.7 Å². The number of anilines is 1. The van der Waals surface area contributed by atoms with Crippen LogP contribution in [0.4, 0.5) is 5.69 Å². The third-order valence-electron chi connectivity index (χ3n) is 10.4. The molecule has 0 atom stereocenters. The summed E-state index contributed by atoms with van der Waals surface area (Å²) in [5, 5.41) is 17.5. The van der Waals surface area contributed by atoms with Crippen LogP contribution in [0.1, 0.15) is 89.9 Å². The van der Waals surface area contributed by atoms with Crippen LogP contribution in [-0.2, 0) is 29.8 Å². The number of carbonyl (C=O) groups excluding carboxylic acids is 3. The van der Waals surface area contributed by atoms with Gasteiger partial charge in [-0.1, -0.05) is 12.1 Å². The molecule has 4 heterocycles. The summed E-state index contributed by atoms with van der Waals surface area (Å²) in [5.74, 6) is -3.86. The molecule has 4 aliphatic rings. The van der Waals surface area contributed by atoms with Gasteiger partial charge >= 0.3 is 35.5 Å². The Hall–Kier alpha value is -4.95. The molecule has 3 aromatic rings. The monoisotopic (exact) mass is 880 g/mol. The zero-order chi connectivity index (χ0) is 43.5. The van der Waals surface area contributed by atoms with E-state index in [-0.39, 0.29) is 99.4 Å². The summed E-state index contributed by atoms with van der Waals surface area (Å²) in [6, 6.07) is 10.6. The van der Waals surface area contributed by atoms with E-state index in [2.05, 4.69) is 15.6 Å². The number of unbranched alkanes of at least 4 members (excludes halogenated alkanes) is 2. The van der Waals surface area contributed by atoms with Crippen LogP contribution in [0.3, 0.4) is 0 Å². The number of nitrogens with zero attached hydrogens (tertiary/aromatic N) is 1. The van der Waals surface area contributed by atoms with Gasteiger partial charge in [0.05, 0.1) is 54.5 Å². The van der Waals surface area contributed by atoms with Crippen LogP contribution in [0, 0.1) is 0 Å². The van der Waals surface area contributed by atoms with Gasteiger partial charge in [-0.25, -0.2) is 26.6 Å². The Kier molecular flexibility index (Phi) is 12.5. The molecule has 0 unspecified atom stereocenters. The van der Waals surface area contributed by atoms with Crippen molar-refractivity contribution in [3.8, 4) is 11.5 Å². The van der Waals surface area contributed by atoms with Crippen molar-refractivity contribution >= 4 is 66.3 Å². The summed E-state index contributed by atoms with van der Waals surface area (Å²) in [4.78, 5) is 54.5. The summed E-state index contributed by atoms with van der Waals surface area (Å²) in [6.07, 6.45) is 7.32. The zero-order valence-electron chi connectivity index (χ0n) is 34.0. The van der Waals surface area contributed by atoms with Crippen LogP contribution in [0.15, 0.2) is 66.8 Å². The predicted octanol–water partition coefficient (Wildman–Crippen LogP) is -1.88. The number of ether oxygens (including phenoxy) is 1. The van der Waals surface area contributed by atoms with E-state index in [1.165, 1.54) is 30.4 Å². The summed E-state index contributed by atoms with van der Waals surface area (Å²) in [7, 11) is -9.52. The Bertz CT molecular complexity index is 2870. The van der Waals surface area contributed by atoms with Crippen LogP contribution in [0.5, 0.6) is 11.5 Å². The molecule has 0 saturated heterocycles. The maximum absolute atomic E-state index is 13.3. The molecule has 4 N–H and O–H groups in total. The smallest absolute Gasteiger partial charge is 0.748 e. The summed E-state index contributed by atoms with van der Waals surface area (Å²) in [6.45, 7) is 7.66. The number of carboxylic acid groups (broad SMARTS) is 1. The average molecular weight is 881 g/mol. The fraction of sp³-hybridized carbons (Fsp3) is 0.310. The molecule has 0 spiro atoms. The molecule has 3 aromatic carbocycles. The van der Waals surface area contributed by atoms with Crippen molar-refractivity contribution in [2.45, 2.75) is 58.0 Å². The first-order valence-electron chi connectivity index (χ1n) is 19.0. The Morgan fingerprint density at radius 2 is 1.48 bits per heavy atom. The average Bonchev–Trinajstić information content (AvgIpc) is 3.44. The van der Waals surface area contributed by atoms with Crippen molar-refractivity contribution in [2.24, 2.45) is 0 Å².